The van der Waals surface area contributed by atoms with Crippen molar-refractivity contribution in [1.82, 2.24) is 15.2 Å². The van der Waals surface area contributed by atoms with E-state index in [9.17, 15) is 9.59 Å². The van der Waals surface area contributed by atoms with Gasteiger partial charge >= 0.3 is 0 Å². The van der Waals surface area contributed by atoms with Gasteiger partial charge in [-0.15, -0.1) is 0 Å². The maximum atomic E-state index is 12.7. The van der Waals surface area contributed by atoms with E-state index in [1.165, 1.54) is 0 Å². The standard InChI is InChI=1S/C19H21N3O3/c1-13-15(4-10-25-13)18(24)22-8-5-19(6-9-22)16(11-17(23)21-19)14-3-2-7-20-12-14/h2-4,7,10,12,16H,5-6,8-9,11H2,1H3,(H,21,23)/t16-/m0/s1. The number of hydrogen-bond donors (Lipinski definition) is 1. The average molecular weight is 339 g/mol. The Morgan fingerprint density at radius 2 is 2.16 bits per heavy atom. The van der Waals surface area contributed by atoms with Crippen LogP contribution in [0.4, 0.5) is 0 Å². The van der Waals surface area contributed by atoms with Gasteiger partial charge in [-0.25, -0.2) is 0 Å². The van der Waals surface area contributed by atoms with E-state index in [1.807, 2.05) is 23.2 Å². The Morgan fingerprint density at radius 1 is 1.36 bits per heavy atom. The molecule has 130 valence electrons. The topological polar surface area (TPSA) is 75.4 Å². The molecule has 25 heavy (non-hydrogen) atoms. The van der Waals surface area contributed by atoms with Crippen LogP contribution in [0.25, 0.3) is 0 Å². The fourth-order valence-electron chi connectivity index (χ4n) is 4.18. The molecule has 6 heteroatoms. The number of carbonyl (C=O) groups excluding carboxylic acids is 2. The number of nitrogens with one attached hydrogen (secondary N) is 1. The van der Waals surface area contributed by atoms with Crippen molar-refractivity contribution in [3.63, 3.8) is 0 Å². The summed E-state index contributed by atoms with van der Waals surface area (Å²) in [6.07, 6.45) is 7.12. The van der Waals surface area contributed by atoms with Crippen LogP contribution in [-0.4, -0.2) is 40.3 Å². The second-order valence-electron chi connectivity index (χ2n) is 6.93. The minimum absolute atomic E-state index is 0.00310. The number of piperidine rings is 1. The Kier molecular flexibility index (Phi) is 3.82. The molecule has 2 saturated heterocycles. The minimum atomic E-state index is -0.275. The molecule has 0 unspecified atom stereocenters. The summed E-state index contributed by atoms with van der Waals surface area (Å²) >= 11 is 0. The van der Waals surface area contributed by atoms with Crippen molar-refractivity contribution in [2.75, 3.05) is 13.1 Å². The van der Waals surface area contributed by atoms with Gasteiger partial charge in [-0.05, 0) is 37.5 Å². The van der Waals surface area contributed by atoms with Gasteiger partial charge in [0.15, 0.2) is 0 Å². The van der Waals surface area contributed by atoms with Crippen molar-refractivity contribution < 1.29 is 14.0 Å². The third-order valence-corrected chi connectivity index (χ3v) is 5.56. The highest BCUT2D eigenvalue weighted by Gasteiger charge is 2.49. The van der Waals surface area contributed by atoms with Gasteiger partial charge in [-0.3, -0.25) is 14.6 Å². The van der Waals surface area contributed by atoms with Gasteiger partial charge in [0.25, 0.3) is 5.91 Å². The monoisotopic (exact) mass is 339 g/mol. The predicted molar refractivity (Wildman–Crippen MR) is 91.1 cm³/mol. The van der Waals surface area contributed by atoms with Gasteiger partial charge in [-0.1, -0.05) is 6.07 Å². The summed E-state index contributed by atoms with van der Waals surface area (Å²) in [6.45, 7) is 3.05. The first-order valence-electron chi connectivity index (χ1n) is 8.63. The molecule has 0 aromatic carbocycles. The zero-order valence-electron chi connectivity index (χ0n) is 14.2. The van der Waals surface area contributed by atoms with Gasteiger partial charge in [0.05, 0.1) is 17.4 Å². The maximum Gasteiger partial charge on any atom is 0.257 e. The van der Waals surface area contributed by atoms with E-state index in [0.717, 1.165) is 18.4 Å². The highest BCUT2D eigenvalue weighted by atomic mass is 16.3. The van der Waals surface area contributed by atoms with E-state index in [4.69, 9.17) is 4.42 Å². The molecule has 4 heterocycles. The number of pyridine rings is 1. The molecule has 1 atom stereocenters. The molecule has 4 rings (SSSR count). The Morgan fingerprint density at radius 3 is 2.80 bits per heavy atom. The van der Waals surface area contributed by atoms with Crippen LogP contribution in [0.15, 0.2) is 41.3 Å². The number of rotatable bonds is 2. The van der Waals surface area contributed by atoms with E-state index in [-0.39, 0.29) is 23.3 Å². The van der Waals surface area contributed by atoms with Gasteiger partial charge in [-0.2, -0.15) is 0 Å². The van der Waals surface area contributed by atoms with Crippen molar-refractivity contribution in [2.24, 2.45) is 0 Å². The molecule has 0 radical (unpaired) electrons. The summed E-state index contributed by atoms with van der Waals surface area (Å²) in [5.74, 6) is 0.844. The third-order valence-electron chi connectivity index (χ3n) is 5.56. The van der Waals surface area contributed by atoms with Crippen LogP contribution in [0, 0.1) is 6.92 Å². The lowest BCUT2D eigenvalue weighted by Gasteiger charge is -2.42. The lowest BCUT2D eigenvalue weighted by atomic mass is 9.74. The first kappa shape index (κ1) is 15.9. The van der Waals surface area contributed by atoms with Crippen LogP contribution in [0.3, 0.4) is 0 Å². The van der Waals surface area contributed by atoms with Crippen LogP contribution >= 0.6 is 0 Å². The quantitative estimate of drug-likeness (QED) is 0.911. The second-order valence-corrected chi connectivity index (χ2v) is 6.93. The molecule has 0 bridgehead atoms. The Bertz CT molecular complexity index is 791. The number of aryl methyl sites for hydroxylation is 1. The largest absolute Gasteiger partial charge is 0.469 e. The molecule has 6 nitrogen and oxygen atoms in total. The van der Waals surface area contributed by atoms with Gasteiger partial charge in [0, 0.05) is 37.8 Å². The van der Waals surface area contributed by atoms with E-state index in [1.54, 1.807) is 25.5 Å². The number of amides is 2. The Labute approximate surface area is 146 Å². The van der Waals surface area contributed by atoms with Gasteiger partial charge < -0.3 is 14.6 Å². The Hall–Kier alpha value is -2.63. The van der Waals surface area contributed by atoms with Crippen LogP contribution in [-0.2, 0) is 4.79 Å². The lowest BCUT2D eigenvalue weighted by molar-refractivity contribution is -0.120. The summed E-state index contributed by atoms with van der Waals surface area (Å²) in [4.78, 5) is 30.9. The first-order valence-corrected chi connectivity index (χ1v) is 8.63. The SMILES string of the molecule is Cc1occc1C(=O)N1CCC2(CC1)NC(=O)C[C@H]2c1cccnc1. The molecule has 2 aliphatic heterocycles. The van der Waals surface area contributed by atoms with Crippen molar-refractivity contribution in [3.05, 3.63) is 53.7 Å². The molecule has 2 aromatic heterocycles. The summed E-state index contributed by atoms with van der Waals surface area (Å²) in [7, 11) is 0. The number of nitrogens with zero attached hydrogens (tertiary/aromatic N) is 2. The summed E-state index contributed by atoms with van der Waals surface area (Å²) in [5.41, 5.74) is 1.43. The molecule has 1 N–H and O–H groups in total. The van der Waals surface area contributed by atoms with E-state index < -0.39 is 0 Å². The maximum absolute atomic E-state index is 12.7. The molecule has 2 amide bonds. The fraction of sp³-hybridized carbons (Fsp3) is 0.421. The third kappa shape index (κ3) is 2.71. The van der Waals surface area contributed by atoms with Crippen molar-refractivity contribution >= 4 is 11.8 Å². The number of hydrogen-bond acceptors (Lipinski definition) is 4. The highest BCUT2D eigenvalue weighted by molar-refractivity contribution is 5.95. The molecule has 1 spiro atoms. The average Bonchev–Trinajstić information content (AvgIpc) is 3.19. The number of carbonyl (C=O) groups is 2. The van der Waals surface area contributed by atoms with Crippen molar-refractivity contribution in [2.45, 2.75) is 37.6 Å². The van der Waals surface area contributed by atoms with Crippen LogP contribution in [0.2, 0.25) is 0 Å². The molecule has 0 saturated carbocycles. The molecule has 2 aromatic rings. The van der Waals surface area contributed by atoms with Crippen molar-refractivity contribution in [1.29, 1.82) is 0 Å². The zero-order valence-corrected chi connectivity index (χ0v) is 14.2. The van der Waals surface area contributed by atoms with Crippen LogP contribution in [0.1, 0.15) is 46.9 Å². The summed E-state index contributed by atoms with van der Waals surface area (Å²) in [5, 5.41) is 3.20. The molecule has 0 aliphatic carbocycles. The molecular formula is C19H21N3O3. The van der Waals surface area contributed by atoms with Crippen molar-refractivity contribution in [3.8, 4) is 0 Å². The highest BCUT2D eigenvalue weighted by Crippen LogP contribution is 2.43. The zero-order chi connectivity index (χ0) is 17.4. The number of likely N-dealkylation sites (tertiary alicyclic amines) is 1. The first-order chi connectivity index (χ1) is 12.1. The summed E-state index contributed by atoms with van der Waals surface area (Å²) < 4.78 is 5.25. The normalized spacial score (nSPS) is 22.2. The van der Waals surface area contributed by atoms with Gasteiger partial charge in [0.2, 0.25) is 5.91 Å². The smallest absolute Gasteiger partial charge is 0.257 e. The number of aromatic nitrogens is 1. The lowest BCUT2D eigenvalue weighted by Crippen LogP contribution is -2.54. The molecule has 2 aliphatic rings. The van der Waals surface area contributed by atoms with E-state index >= 15 is 0 Å². The number of furan rings is 1. The van der Waals surface area contributed by atoms with Gasteiger partial charge in [0.1, 0.15) is 5.76 Å². The second kappa shape index (κ2) is 6.02. The van der Waals surface area contributed by atoms with Crippen LogP contribution < -0.4 is 5.32 Å². The molecular weight excluding hydrogens is 318 g/mol. The predicted octanol–water partition coefficient (Wildman–Crippen LogP) is 2.26. The van der Waals surface area contributed by atoms with E-state index in [0.29, 0.717) is 30.8 Å². The Balaban J connectivity index is 1.52. The minimum Gasteiger partial charge on any atom is -0.469 e. The molecule has 2 fully saturated rings. The fourth-order valence-corrected chi connectivity index (χ4v) is 4.18. The summed E-state index contributed by atoms with van der Waals surface area (Å²) in [6, 6.07) is 5.66. The van der Waals surface area contributed by atoms with Crippen LogP contribution in [0.5, 0.6) is 0 Å². The van der Waals surface area contributed by atoms with E-state index in [2.05, 4.69) is 10.3 Å².